The lowest BCUT2D eigenvalue weighted by atomic mass is 10.0. The van der Waals surface area contributed by atoms with Crippen molar-refractivity contribution in [1.29, 1.82) is 0 Å². The highest BCUT2D eigenvalue weighted by atomic mass is 16.3. The molecule has 0 heterocycles. The molecule has 64 valence electrons. The predicted molar refractivity (Wildman–Crippen MR) is 43.7 cm³/mol. The maximum atomic E-state index is 10.7. The van der Waals surface area contributed by atoms with Gasteiger partial charge in [0.15, 0.2) is 0 Å². The highest BCUT2D eigenvalue weighted by molar-refractivity contribution is 5.83. The average Bonchev–Trinajstić information content (AvgIpc) is 2.06. The van der Waals surface area contributed by atoms with Crippen LogP contribution >= 0.6 is 0 Å². The van der Waals surface area contributed by atoms with Crippen molar-refractivity contribution in [3.63, 3.8) is 0 Å². The van der Waals surface area contributed by atoms with Gasteiger partial charge in [0.2, 0.25) is 5.72 Å². The Kier molecular flexibility index (Phi) is 2.12. The number of amides is 1. The Hall–Kier alpha value is -1.39. The summed E-state index contributed by atoms with van der Waals surface area (Å²) in [7, 11) is 0. The van der Waals surface area contributed by atoms with E-state index in [1.54, 1.807) is 18.2 Å². The molecule has 0 aliphatic carbocycles. The molecule has 4 heteroatoms. The van der Waals surface area contributed by atoms with Crippen LogP contribution in [-0.4, -0.2) is 11.0 Å². The monoisotopic (exact) mass is 166 g/mol. The van der Waals surface area contributed by atoms with E-state index in [2.05, 4.69) is 0 Å². The number of hydrogen-bond acceptors (Lipinski definition) is 3. The lowest BCUT2D eigenvalue weighted by molar-refractivity contribution is -0.136. The largest absolute Gasteiger partial charge is 0.366 e. The number of carbonyl (C=O) groups is 1. The molecule has 0 fully saturated rings. The van der Waals surface area contributed by atoms with Gasteiger partial charge in [0.05, 0.1) is 0 Å². The van der Waals surface area contributed by atoms with Gasteiger partial charge in [-0.25, -0.2) is 0 Å². The van der Waals surface area contributed by atoms with Crippen molar-refractivity contribution in [3.05, 3.63) is 35.9 Å². The molecule has 1 rings (SSSR count). The Labute approximate surface area is 69.8 Å². The molecule has 1 unspecified atom stereocenters. The molecule has 1 amide bonds. The number of rotatable bonds is 2. The molecular weight excluding hydrogens is 156 g/mol. The zero-order valence-electron chi connectivity index (χ0n) is 6.40. The number of benzene rings is 1. The van der Waals surface area contributed by atoms with E-state index >= 15 is 0 Å². The number of primary amides is 1. The van der Waals surface area contributed by atoms with Crippen LogP contribution in [0.25, 0.3) is 0 Å². The first-order valence-electron chi connectivity index (χ1n) is 3.42. The Morgan fingerprint density at radius 2 is 1.83 bits per heavy atom. The zero-order valence-corrected chi connectivity index (χ0v) is 6.40. The Balaban J connectivity index is 3.06. The molecule has 0 aliphatic heterocycles. The number of carbonyl (C=O) groups excluding carboxylic acids is 1. The standard InChI is InChI=1S/C8H10N2O2/c9-7(11)8(10,12)6-4-2-1-3-5-6/h1-5,12H,10H2,(H2,9,11). The number of nitrogens with two attached hydrogens (primary N) is 2. The average molecular weight is 166 g/mol. The molecule has 12 heavy (non-hydrogen) atoms. The molecule has 4 nitrogen and oxygen atoms in total. The molecule has 0 radical (unpaired) electrons. The fourth-order valence-electron chi connectivity index (χ4n) is 0.835. The first-order valence-corrected chi connectivity index (χ1v) is 3.42. The van der Waals surface area contributed by atoms with Gasteiger partial charge in [-0.2, -0.15) is 0 Å². The SMILES string of the molecule is NC(=O)C(N)(O)c1ccccc1. The Bertz CT molecular complexity index is 282. The van der Waals surface area contributed by atoms with Crippen molar-refractivity contribution in [3.8, 4) is 0 Å². The maximum Gasteiger partial charge on any atom is 0.269 e. The topological polar surface area (TPSA) is 89.3 Å². The van der Waals surface area contributed by atoms with Crippen LogP contribution in [0.4, 0.5) is 0 Å². The van der Waals surface area contributed by atoms with Crippen molar-refractivity contribution in [1.82, 2.24) is 0 Å². The minimum absolute atomic E-state index is 0.289. The van der Waals surface area contributed by atoms with Crippen LogP contribution in [0.2, 0.25) is 0 Å². The summed E-state index contributed by atoms with van der Waals surface area (Å²) in [4.78, 5) is 10.7. The second-order valence-electron chi connectivity index (χ2n) is 2.50. The van der Waals surface area contributed by atoms with Gasteiger partial charge < -0.3 is 10.8 Å². The summed E-state index contributed by atoms with van der Waals surface area (Å²) in [5.41, 5.74) is 8.37. The summed E-state index contributed by atoms with van der Waals surface area (Å²) in [6, 6.07) is 8.14. The molecule has 0 saturated heterocycles. The van der Waals surface area contributed by atoms with Crippen LogP contribution in [0.1, 0.15) is 5.56 Å². The molecule has 0 bridgehead atoms. The third-order valence-electron chi connectivity index (χ3n) is 1.59. The van der Waals surface area contributed by atoms with E-state index in [1.807, 2.05) is 0 Å². The Morgan fingerprint density at radius 3 is 2.25 bits per heavy atom. The molecule has 0 aromatic heterocycles. The van der Waals surface area contributed by atoms with Gasteiger partial charge in [-0.1, -0.05) is 30.3 Å². The van der Waals surface area contributed by atoms with E-state index < -0.39 is 11.6 Å². The fourth-order valence-corrected chi connectivity index (χ4v) is 0.835. The normalized spacial score (nSPS) is 15.2. The minimum Gasteiger partial charge on any atom is -0.366 e. The lowest BCUT2D eigenvalue weighted by Gasteiger charge is -2.18. The highest BCUT2D eigenvalue weighted by Gasteiger charge is 2.30. The first kappa shape index (κ1) is 8.70. The first-order chi connectivity index (χ1) is 5.55. The summed E-state index contributed by atoms with van der Waals surface area (Å²) >= 11 is 0. The van der Waals surface area contributed by atoms with Crippen LogP contribution < -0.4 is 11.5 Å². The van der Waals surface area contributed by atoms with Crippen molar-refractivity contribution in [2.45, 2.75) is 5.72 Å². The highest BCUT2D eigenvalue weighted by Crippen LogP contribution is 2.13. The Morgan fingerprint density at radius 1 is 1.33 bits per heavy atom. The van der Waals surface area contributed by atoms with Gasteiger partial charge in [0.1, 0.15) is 0 Å². The number of hydrogen-bond donors (Lipinski definition) is 3. The van der Waals surface area contributed by atoms with Crippen molar-refractivity contribution in [2.24, 2.45) is 11.5 Å². The second kappa shape index (κ2) is 2.92. The smallest absolute Gasteiger partial charge is 0.269 e. The maximum absolute atomic E-state index is 10.7. The molecule has 0 spiro atoms. The lowest BCUT2D eigenvalue weighted by Crippen LogP contribution is -2.48. The van der Waals surface area contributed by atoms with Crippen LogP contribution in [0.5, 0.6) is 0 Å². The van der Waals surface area contributed by atoms with Gasteiger partial charge in [-0.15, -0.1) is 0 Å². The molecule has 1 aromatic carbocycles. The summed E-state index contributed by atoms with van der Waals surface area (Å²) in [6.07, 6.45) is 0. The molecule has 5 N–H and O–H groups in total. The van der Waals surface area contributed by atoms with E-state index in [4.69, 9.17) is 11.5 Å². The van der Waals surface area contributed by atoms with Gasteiger partial charge in [0, 0.05) is 5.56 Å². The number of aliphatic hydroxyl groups is 1. The van der Waals surface area contributed by atoms with Crippen LogP contribution in [0, 0.1) is 0 Å². The van der Waals surface area contributed by atoms with Crippen molar-refractivity contribution in [2.75, 3.05) is 0 Å². The van der Waals surface area contributed by atoms with E-state index in [1.165, 1.54) is 12.1 Å². The van der Waals surface area contributed by atoms with E-state index in [0.29, 0.717) is 0 Å². The van der Waals surface area contributed by atoms with Crippen LogP contribution in [-0.2, 0) is 10.5 Å². The molecule has 1 aromatic rings. The van der Waals surface area contributed by atoms with E-state index in [9.17, 15) is 9.90 Å². The second-order valence-corrected chi connectivity index (χ2v) is 2.50. The van der Waals surface area contributed by atoms with Gasteiger partial charge in [0.25, 0.3) is 5.91 Å². The van der Waals surface area contributed by atoms with Crippen molar-refractivity contribution < 1.29 is 9.90 Å². The van der Waals surface area contributed by atoms with E-state index in [0.717, 1.165) is 0 Å². The third kappa shape index (κ3) is 1.44. The third-order valence-corrected chi connectivity index (χ3v) is 1.59. The van der Waals surface area contributed by atoms with Crippen LogP contribution in [0.3, 0.4) is 0 Å². The predicted octanol–water partition coefficient (Wildman–Crippen LogP) is -0.724. The molecular formula is C8H10N2O2. The summed E-state index contributed by atoms with van der Waals surface area (Å²) < 4.78 is 0. The molecule has 1 atom stereocenters. The minimum atomic E-state index is -2.07. The zero-order chi connectivity index (χ0) is 9.19. The summed E-state index contributed by atoms with van der Waals surface area (Å²) in [5, 5.41) is 9.37. The summed E-state index contributed by atoms with van der Waals surface area (Å²) in [6.45, 7) is 0. The fraction of sp³-hybridized carbons (Fsp3) is 0.125. The van der Waals surface area contributed by atoms with Crippen LogP contribution in [0.15, 0.2) is 30.3 Å². The van der Waals surface area contributed by atoms with Gasteiger partial charge >= 0.3 is 0 Å². The van der Waals surface area contributed by atoms with E-state index in [-0.39, 0.29) is 5.56 Å². The molecule has 0 aliphatic rings. The van der Waals surface area contributed by atoms with Crippen molar-refractivity contribution >= 4 is 5.91 Å². The van der Waals surface area contributed by atoms with Gasteiger partial charge in [-0.05, 0) is 0 Å². The molecule has 0 saturated carbocycles. The summed E-state index contributed by atoms with van der Waals surface area (Å²) in [5.74, 6) is -0.964. The quantitative estimate of drug-likeness (QED) is 0.506. The van der Waals surface area contributed by atoms with Gasteiger partial charge in [-0.3, -0.25) is 10.5 Å².